The maximum Gasteiger partial charge on any atom is 0.273 e. The Bertz CT molecular complexity index is 1300. The van der Waals surface area contributed by atoms with E-state index < -0.39 is 16.4 Å². The molecule has 0 spiro atoms. The second-order valence-electron chi connectivity index (χ2n) is 5.81. The number of nitro benzene ring substituents is 1. The van der Waals surface area contributed by atoms with Crippen LogP contribution in [0.25, 0.3) is 17.3 Å². The summed E-state index contributed by atoms with van der Waals surface area (Å²) in [5.41, 5.74) is 0.464. The summed E-state index contributed by atoms with van der Waals surface area (Å²) in [6.07, 6.45) is 1.57. The van der Waals surface area contributed by atoms with Gasteiger partial charge in [0, 0.05) is 19.2 Å². The summed E-state index contributed by atoms with van der Waals surface area (Å²) in [5.74, 6) is -0.597. The summed E-state index contributed by atoms with van der Waals surface area (Å²) in [6, 6.07) is 16.3. The number of nitrogens with one attached hydrogen (secondary N) is 1. The van der Waals surface area contributed by atoms with Crippen molar-refractivity contribution in [3.05, 3.63) is 89.8 Å². The first-order valence-electron chi connectivity index (χ1n) is 8.36. The van der Waals surface area contributed by atoms with Crippen LogP contribution in [0.4, 0.5) is 5.69 Å². The fraction of sp³-hybridized carbons (Fsp3) is 0.0500. The van der Waals surface area contributed by atoms with Crippen molar-refractivity contribution < 1.29 is 9.72 Å². The largest absolute Gasteiger partial charge is 0.354 e. The molecule has 0 bridgehead atoms. The Morgan fingerprint density at radius 3 is 2.41 bits per heavy atom. The van der Waals surface area contributed by atoms with Crippen molar-refractivity contribution in [2.45, 2.75) is 0 Å². The number of non-ortho nitro benzene ring substituents is 1. The normalized spacial score (nSPS) is 12.2. The van der Waals surface area contributed by atoms with E-state index in [0.717, 1.165) is 11.3 Å². The van der Waals surface area contributed by atoms with E-state index in [4.69, 9.17) is 0 Å². The summed E-state index contributed by atoms with van der Waals surface area (Å²) in [7, 11) is 1.40. The number of nitriles is 1. The molecule has 1 amide bonds. The van der Waals surface area contributed by atoms with Gasteiger partial charge in [-0.25, -0.2) is 0 Å². The number of hydrogen-bond donors (Lipinski definition) is 1. The first-order valence-corrected chi connectivity index (χ1v) is 9.18. The molecule has 0 radical (unpaired) electrons. The van der Waals surface area contributed by atoms with Gasteiger partial charge in [0.15, 0.2) is 5.57 Å². The predicted molar refractivity (Wildman–Crippen MR) is 109 cm³/mol. The average molecular weight is 406 g/mol. The van der Waals surface area contributed by atoms with E-state index in [2.05, 4.69) is 5.32 Å². The highest BCUT2D eigenvalue weighted by molar-refractivity contribution is 7.07. The van der Waals surface area contributed by atoms with Crippen molar-refractivity contribution in [3.8, 4) is 11.8 Å². The number of amides is 1. The molecule has 0 aliphatic heterocycles. The molecule has 0 aliphatic carbocycles. The van der Waals surface area contributed by atoms with E-state index in [1.165, 1.54) is 35.9 Å². The molecule has 8 nitrogen and oxygen atoms in total. The summed E-state index contributed by atoms with van der Waals surface area (Å²) in [6.45, 7) is 0. The van der Waals surface area contributed by atoms with E-state index in [-0.39, 0.29) is 20.5 Å². The quantitative estimate of drug-likeness (QED) is 0.513. The molecule has 9 heteroatoms. The Morgan fingerprint density at radius 1 is 1.21 bits per heavy atom. The first kappa shape index (κ1) is 19.7. The predicted octanol–water partition coefficient (Wildman–Crippen LogP) is 1.06. The topological polar surface area (TPSA) is 118 Å². The van der Waals surface area contributed by atoms with Gasteiger partial charge < -0.3 is 5.32 Å². The summed E-state index contributed by atoms with van der Waals surface area (Å²) in [4.78, 5) is 35.5. The monoisotopic (exact) mass is 406 g/mol. The Hall–Kier alpha value is -4.03. The van der Waals surface area contributed by atoms with Gasteiger partial charge in [0.25, 0.3) is 17.2 Å². The number of thiazole rings is 1. The second-order valence-corrected chi connectivity index (χ2v) is 6.84. The molecule has 0 fully saturated rings. The summed E-state index contributed by atoms with van der Waals surface area (Å²) >= 11 is 1.00. The van der Waals surface area contributed by atoms with Gasteiger partial charge in [0.1, 0.15) is 10.7 Å². The number of benzene rings is 2. The van der Waals surface area contributed by atoms with E-state index in [1.807, 2.05) is 6.07 Å². The molecule has 0 saturated heterocycles. The highest BCUT2D eigenvalue weighted by atomic mass is 32.1. The molecule has 0 unspecified atom stereocenters. The lowest BCUT2D eigenvalue weighted by atomic mass is 10.2. The lowest BCUT2D eigenvalue weighted by molar-refractivity contribution is -0.384. The highest BCUT2D eigenvalue weighted by Crippen LogP contribution is 2.12. The first-order chi connectivity index (χ1) is 14.0. The molecule has 1 aromatic heterocycles. The Balaban J connectivity index is 2.33. The van der Waals surface area contributed by atoms with Crippen LogP contribution in [-0.2, 0) is 4.79 Å². The van der Waals surface area contributed by atoms with Gasteiger partial charge in [-0.3, -0.25) is 24.3 Å². The Morgan fingerprint density at radius 2 is 1.86 bits per heavy atom. The molecule has 3 aromatic rings. The third-order valence-corrected chi connectivity index (χ3v) is 5.11. The van der Waals surface area contributed by atoms with Gasteiger partial charge in [-0.05, 0) is 35.9 Å². The van der Waals surface area contributed by atoms with Gasteiger partial charge in [0.2, 0.25) is 0 Å². The van der Waals surface area contributed by atoms with E-state index in [9.17, 15) is 25.0 Å². The van der Waals surface area contributed by atoms with Gasteiger partial charge in [-0.15, -0.1) is 11.3 Å². The van der Waals surface area contributed by atoms with Gasteiger partial charge in [0.05, 0.1) is 15.1 Å². The lowest BCUT2D eigenvalue weighted by Gasteiger charge is -2.02. The zero-order valence-corrected chi connectivity index (χ0v) is 16.0. The maximum atomic E-state index is 13.1. The summed E-state index contributed by atoms with van der Waals surface area (Å²) < 4.78 is 1.81. The van der Waals surface area contributed by atoms with Crippen molar-refractivity contribution >= 4 is 34.6 Å². The van der Waals surface area contributed by atoms with Gasteiger partial charge >= 0.3 is 0 Å². The van der Waals surface area contributed by atoms with Crippen molar-refractivity contribution in [3.63, 3.8) is 0 Å². The number of nitrogens with zero attached hydrogens (tertiary/aromatic N) is 3. The number of para-hydroxylation sites is 1. The molecule has 29 heavy (non-hydrogen) atoms. The van der Waals surface area contributed by atoms with Crippen molar-refractivity contribution in [1.29, 1.82) is 5.26 Å². The van der Waals surface area contributed by atoms with Gasteiger partial charge in [-0.1, -0.05) is 18.2 Å². The highest BCUT2D eigenvalue weighted by Gasteiger charge is 2.15. The number of carbonyl (C=O) groups excluding carboxylic acids is 1. The molecule has 1 N–H and O–H groups in total. The average Bonchev–Trinajstić information content (AvgIpc) is 3.05. The summed E-state index contributed by atoms with van der Waals surface area (Å²) in [5, 5.41) is 22.7. The fourth-order valence-corrected chi connectivity index (χ4v) is 3.73. The molecule has 2 aromatic carbocycles. The minimum atomic E-state index is -0.597. The van der Waals surface area contributed by atoms with Crippen LogP contribution in [-0.4, -0.2) is 22.4 Å². The number of hydrogen-bond acceptors (Lipinski definition) is 6. The molecule has 1 heterocycles. The van der Waals surface area contributed by atoms with Crippen LogP contribution in [0.1, 0.15) is 5.56 Å². The molecule has 144 valence electrons. The van der Waals surface area contributed by atoms with Crippen molar-refractivity contribution in [1.82, 2.24) is 9.88 Å². The van der Waals surface area contributed by atoms with Crippen LogP contribution >= 0.6 is 11.3 Å². The number of rotatable bonds is 4. The molecule has 3 rings (SSSR count). The molecular formula is C20H14N4O4S. The Labute approximate surface area is 168 Å². The minimum absolute atomic E-state index is 0.0598. The standard InChI is InChI=1S/C20H14N4O4S/c1-22-18(25)16(12-21)20-23(14-5-3-2-4-6-14)19(26)17(29-20)11-13-7-9-15(10-8-13)24(27)28/h2-11H,1H3,(H,22,25)/b17-11-,20-16-. The van der Waals surface area contributed by atoms with Gasteiger partial charge in [-0.2, -0.15) is 5.26 Å². The maximum absolute atomic E-state index is 13.1. The Kier molecular flexibility index (Phi) is 5.66. The van der Waals surface area contributed by atoms with E-state index in [1.54, 1.807) is 36.4 Å². The molecule has 0 saturated carbocycles. The van der Waals surface area contributed by atoms with Crippen LogP contribution in [0.3, 0.4) is 0 Å². The molecular weight excluding hydrogens is 392 g/mol. The van der Waals surface area contributed by atoms with Crippen LogP contribution in [0, 0.1) is 21.4 Å². The van der Waals surface area contributed by atoms with Crippen molar-refractivity contribution in [2.75, 3.05) is 7.05 Å². The smallest absolute Gasteiger partial charge is 0.273 e. The zero-order valence-electron chi connectivity index (χ0n) is 15.2. The van der Waals surface area contributed by atoms with E-state index in [0.29, 0.717) is 11.3 Å². The fourth-order valence-electron chi connectivity index (χ4n) is 2.63. The van der Waals surface area contributed by atoms with Crippen LogP contribution in [0.2, 0.25) is 0 Å². The van der Waals surface area contributed by atoms with Crippen LogP contribution in [0.5, 0.6) is 0 Å². The second kappa shape index (κ2) is 8.33. The molecule has 0 aliphatic rings. The number of aromatic nitrogens is 1. The van der Waals surface area contributed by atoms with Crippen LogP contribution in [0.15, 0.2) is 59.4 Å². The van der Waals surface area contributed by atoms with Crippen LogP contribution < -0.4 is 20.1 Å². The SMILES string of the molecule is CNC(=O)/C(C#N)=c1\s/c(=C\c2ccc([N+](=O)[O-])cc2)c(=O)n1-c1ccccc1. The molecule has 0 atom stereocenters. The van der Waals surface area contributed by atoms with Crippen molar-refractivity contribution in [2.24, 2.45) is 0 Å². The minimum Gasteiger partial charge on any atom is -0.354 e. The zero-order chi connectivity index (χ0) is 21.0. The van der Waals surface area contributed by atoms with E-state index >= 15 is 0 Å². The number of carbonyl (C=O) groups is 1. The third-order valence-electron chi connectivity index (χ3n) is 4.02. The lowest BCUT2D eigenvalue weighted by Crippen LogP contribution is -2.33. The number of nitro groups is 1. The third kappa shape index (κ3) is 3.97.